The van der Waals surface area contributed by atoms with Crippen LogP contribution in [0, 0.1) is 5.82 Å². The second kappa shape index (κ2) is 6.27. The van der Waals surface area contributed by atoms with Gasteiger partial charge in [0.1, 0.15) is 11.5 Å². The van der Waals surface area contributed by atoms with Crippen molar-refractivity contribution in [3.63, 3.8) is 0 Å². The van der Waals surface area contributed by atoms with Gasteiger partial charge in [-0.05, 0) is 35.4 Å². The van der Waals surface area contributed by atoms with Gasteiger partial charge in [-0.1, -0.05) is 6.07 Å². The fraction of sp³-hybridized carbons (Fsp3) is 0.0667. The molecule has 2 aromatic heterocycles. The van der Waals surface area contributed by atoms with Crippen molar-refractivity contribution in [1.82, 2.24) is 14.7 Å². The van der Waals surface area contributed by atoms with Crippen LogP contribution in [-0.4, -0.2) is 9.97 Å². The largest absolute Gasteiger partial charge is 0.307 e. The minimum Gasteiger partial charge on any atom is -0.307 e. The molecule has 0 radical (unpaired) electrons. The minimum atomic E-state index is -0.294. The van der Waals surface area contributed by atoms with Crippen LogP contribution < -0.4 is 15.4 Å². The average molecular weight is 316 g/mol. The Balaban J connectivity index is 2.13. The summed E-state index contributed by atoms with van der Waals surface area (Å²) in [6, 6.07) is 9.89. The van der Waals surface area contributed by atoms with Crippen molar-refractivity contribution < 1.29 is 4.39 Å². The quantitative estimate of drug-likeness (QED) is 0.644. The Morgan fingerprint density at radius 2 is 2.14 bits per heavy atom. The van der Waals surface area contributed by atoms with Gasteiger partial charge < -0.3 is 4.98 Å². The first-order chi connectivity index (χ1) is 10.7. The van der Waals surface area contributed by atoms with E-state index in [-0.39, 0.29) is 11.4 Å². The predicted octanol–water partition coefficient (Wildman–Crippen LogP) is 2.34. The molecule has 0 atom stereocenters. The molecule has 0 fully saturated rings. The molecule has 0 bridgehead atoms. The number of nitrogens with zero attached hydrogens (tertiary/aromatic N) is 1. The van der Waals surface area contributed by atoms with Crippen molar-refractivity contribution in [2.45, 2.75) is 6.54 Å². The van der Waals surface area contributed by atoms with Gasteiger partial charge in [0, 0.05) is 41.9 Å². The summed E-state index contributed by atoms with van der Waals surface area (Å²) >= 11 is 0.945. The Bertz CT molecular complexity index is 881. The monoisotopic (exact) mass is 316 g/mol. The molecule has 3 rings (SSSR count). The van der Waals surface area contributed by atoms with Crippen LogP contribution in [-0.2, 0) is 6.54 Å². The summed E-state index contributed by atoms with van der Waals surface area (Å²) in [4.78, 5) is 18.2. The number of aromatic amines is 1. The third-order valence-electron chi connectivity index (χ3n) is 3.34. The Kier molecular flexibility index (Phi) is 4.19. The number of hydrogen-bond acceptors (Lipinski definition) is 5. The van der Waals surface area contributed by atoms with E-state index in [1.807, 2.05) is 6.07 Å². The fourth-order valence-electron chi connectivity index (χ4n) is 2.31. The molecule has 5 nitrogen and oxygen atoms in total. The summed E-state index contributed by atoms with van der Waals surface area (Å²) < 4.78 is 16.6. The zero-order chi connectivity index (χ0) is 15.5. The van der Waals surface area contributed by atoms with Crippen LogP contribution >= 0.6 is 12.1 Å². The molecule has 0 aliphatic heterocycles. The highest BCUT2D eigenvalue weighted by atomic mass is 32.2. The smallest absolute Gasteiger partial charge is 0.249 e. The third-order valence-corrected chi connectivity index (χ3v) is 3.65. The number of pyridine rings is 2. The Morgan fingerprint density at radius 1 is 1.27 bits per heavy atom. The highest BCUT2D eigenvalue weighted by Gasteiger charge is 2.09. The van der Waals surface area contributed by atoms with Crippen LogP contribution in [0.15, 0.2) is 47.4 Å². The molecule has 0 spiro atoms. The summed E-state index contributed by atoms with van der Waals surface area (Å²) in [6.07, 6.45) is 1.62. The molecular weight excluding hydrogens is 303 g/mol. The van der Waals surface area contributed by atoms with Crippen LogP contribution in [0.4, 0.5) is 4.39 Å². The maximum atomic E-state index is 13.8. The number of H-pyrrole nitrogens is 1. The van der Waals surface area contributed by atoms with E-state index in [2.05, 4.69) is 14.7 Å². The molecule has 112 valence electrons. The van der Waals surface area contributed by atoms with E-state index in [9.17, 15) is 9.18 Å². The number of aromatic nitrogens is 2. The molecule has 0 saturated carbocycles. The van der Waals surface area contributed by atoms with E-state index in [1.165, 1.54) is 12.1 Å². The summed E-state index contributed by atoms with van der Waals surface area (Å²) in [5.74, 6) is -0.294. The highest BCUT2D eigenvalue weighted by Crippen LogP contribution is 2.27. The lowest BCUT2D eigenvalue weighted by atomic mass is 10.0. The Morgan fingerprint density at radius 3 is 2.95 bits per heavy atom. The molecule has 4 N–H and O–H groups in total. The normalized spacial score (nSPS) is 11.0. The lowest BCUT2D eigenvalue weighted by molar-refractivity contribution is 0.608. The van der Waals surface area contributed by atoms with Crippen LogP contribution in [0.25, 0.3) is 22.2 Å². The third kappa shape index (κ3) is 2.87. The zero-order valence-electron chi connectivity index (χ0n) is 11.5. The van der Waals surface area contributed by atoms with Crippen LogP contribution in [0.5, 0.6) is 0 Å². The maximum absolute atomic E-state index is 13.8. The highest BCUT2D eigenvalue weighted by molar-refractivity contribution is 7.95. The predicted molar refractivity (Wildman–Crippen MR) is 86.4 cm³/mol. The standard InChI is InChI=1S/C15H13FN4OS/c16-13-3-1-9(7-10(13)8-19-22-17)11-5-6-18-15-12(11)2-4-14(21)20-15/h1-7,19H,8,17H2,(H,18,20,21). The van der Waals surface area contributed by atoms with Gasteiger partial charge in [-0.15, -0.1) is 0 Å². The van der Waals surface area contributed by atoms with Crippen molar-refractivity contribution in [2.24, 2.45) is 5.14 Å². The van der Waals surface area contributed by atoms with Gasteiger partial charge in [0.25, 0.3) is 0 Å². The van der Waals surface area contributed by atoms with E-state index < -0.39 is 0 Å². The van der Waals surface area contributed by atoms with Gasteiger partial charge in [0.2, 0.25) is 5.56 Å². The van der Waals surface area contributed by atoms with Crippen molar-refractivity contribution >= 4 is 23.2 Å². The lowest BCUT2D eigenvalue weighted by Crippen LogP contribution is -2.08. The van der Waals surface area contributed by atoms with Crippen LogP contribution in [0.1, 0.15) is 5.56 Å². The van der Waals surface area contributed by atoms with Crippen LogP contribution in [0.2, 0.25) is 0 Å². The van der Waals surface area contributed by atoms with Gasteiger partial charge in [0.15, 0.2) is 0 Å². The molecule has 0 aliphatic rings. The van der Waals surface area contributed by atoms with E-state index in [4.69, 9.17) is 5.14 Å². The molecule has 22 heavy (non-hydrogen) atoms. The second-order valence-electron chi connectivity index (χ2n) is 4.69. The number of fused-ring (bicyclic) bond motifs is 1. The molecule has 7 heteroatoms. The van der Waals surface area contributed by atoms with Crippen LogP contribution in [0.3, 0.4) is 0 Å². The molecule has 0 amide bonds. The van der Waals surface area contributed by atoms with E-state index in [0.29, 0.717) is 17.8 Å². The second-order valence-corrected chi connectivity index (χ2v) is 5.21. The van der Waals surface area contributed by atoms with Gasteiger partial charge in [-0.2, -0.15) is 0 Å². The van der Waals surface area contributed by atoms with Gasteiger partial charge >= 0.3 is 0 Å². The molecule has 0 unspecified atom stereocenters. The summed E-state index contributed by atoms with van der Waals surface area (Å²) in [5, 5.41) is 6.11. The fourth-order valence-corrected chi connectivity index (χ4v) is 2.55. The van der Waals surface area contributed by atoms with E-state index in [0.717, 1.165) is 28.6 Å². The van der Waals surface area contributed by atoms with Gasteiger partial charge in [-0.25, -0.2) is 14.1 Å². The molecule has 3 aromatic rings. The van der Waals surface area contributed by atoms with E-state index in [1.54, 1.807) is 24.4 Å². The van der Waals surface area contributed by atoms with Crippen molar-refractivity contribution in [3.8, 4) is 11.1 Å². The number of rotatable bonds is 4. The molecule has 0 aliphatic carbocycles. The first-order valence-corrected chi connectivity index (χ1v) is 7.42. The number of nitrogens with two attached hydrogens (primary N) is 1. The summed E-state index contributed by atoms with van der Waals surface area (Å²) in [6.45, 7) is 0.320. The minimum absolute atomic E-state index is 0.207. The first-order valence-electron chi connectivity index (χ1n) is 6.54. The van der Waals surface area contributed by atoms with Crippen molar-refractivity contribution in [2.75, 3.05) is 0 Å². The molecule has 1 aromatic carbocycles. The van der Waals surface area contributed by atoms with E-state index >= 15 is 0 Å². The zero-order valence-corrected chi connectivity index (χ0v) is 12.3. The Hall–Kier alpha value is -2.22. The molecule has 0 saturated heterocycles. The number of benzene rings is 1. The Labute approximate surface area is 130 Å². The number of hydrogen-bond donors (Lipinski definition) is 3. The molecular formula is C15H13FN4OS. The summed E-state index contributed by atoms with van der Waals surface area (Å²) in [7, 11) is 0. The first kappa shape index (κ1) is 14.7. The summed E-state index contributed by atoms with van der Waals surface area (Å²) in [5.41, 5.74) is 2.54. The van der Waals surface area contributed by atoms with Gasteiger partial charge in [-0.3, -0.25) is 9.93 Å². The topological polar surface area (TPSA) is 83.8 Å². The molecule has 2 heterocycles. The van der Waals surface area contributed by atoms with Crippen molar-refractivity contribution in [1.29, 1.82) is 0 Å². The number of halogens is 1. The lowest BCUT2D eigenvalue weighted by Gasteiger charge is -2.09. The van der Waals surface area contributed by atoms with Crippen molar-refractivity contribution in [3.05, 3.63) is 64.3 Å². The maximum Gasteiger partial charge on any atom is 0.249 e. The van der Waals surface area contributed by atoms with Gasteiger partial charge in [0.05, 0.1) is 0 Å². The number of nitrogens with one attached hydrogen (secondary N) is 2. The SMILES string of the molecule is NSNCc1cc(-c2ccnc3[nH]c(=O)ccc23)ccc1F. The average Bonchev–Trinajstić information content (AvgIpc) is 2.53.